The average molecular weight is 443 g/mol. The van der Waals surface area contributed by atoms with Crippen molar-refractivity contribution in [1.29, 1.82) is 0 Å². The van der Waals surface area contributed by atoms with Gasteiger partial charge in [-0.2, -0.15) is 0 Å². The molecule has 7 nitrogen and oxygen atoms in total. The molecular formula is C25H30O7. The summed E-state index contributed by atoms with van der Waals surface area (Å²) in [7, 11) is 3.08. The largest absolute Gasteiger partial charge is 0.507 e. The fourth-order valence-electron chi connectivity index (χ4n) is 4.32. The van der Waals surface area contributed by atoms with E-state index in [1.807, 2.05) is 27.7 Å². The van der Waals surface area contributed by atoms with Crippen molar-refractivity contribution in [2.45, 2.75) is 64.6 Å². The van der Waals surface area contributed by atoms with E-state index in [0.717, 1.165) is 6.42 Å². The van der Waals surface area contributed by atoms with Crippen molar-refractivity contribution in [3.05, 3.63) is 33.5 Å². The van der Waals surface area contributed by atoms with Gasteiger partial charge in [-0.25, -0.2) is 0 Å². The highest BCUT2D eigenvalue weighted by Gasteiger charge is 2.31. The lowest BCUT2D eigenvalue weighted by Crippen LogP contribution is -2.32. The van der Waals surface area contributed by atoms with Gasteiger partial charge in [-0.05, 0) is 53.4 Å². The van der Waals surface area contributed by atoms with Crippen LogP contribution in [-0.2, 0) is 17.6 Å². The minimum absolute atomic E-state index is 0.111. The Hall–Kier alpha value is -2.93. The van der Waals surface area contributed by atoms with Crippen molar-refractivity contribution in [1.82, 2.24) is 0 Å². The van der Waals surface area contributed by atoms with Crippen LogP contribution in [0.4, 0.5) is 0 Å². The first-order chi connectivity index (χ1) is 15.0. The van der Waals surface area contributed by atoms with Crippen molar-refractivity contribution in [3.8, 4) is 23.0 Å². The zero-order chi connectivity index (χ0) is 23.4. The fraction of sp³-hybridized carbons (Fsp3) is 0.480. The Morgan fingerprint density at radius 1 is 1.12 bits per heavy atom. The van der Waals surface area contributed by atoms with Gasteiger partial charge in [-0.15, -0.1) is 0 Å². The number of fused-ring (bicyclic) bond motifs is 3. The van der Waals surface area contributed by atoms with Crippen molar-refractivity contribution in [2.24, 2.45) is 0 Å². The molecule has 1 aromatic heterocycles. The maximum absolute atomic E-state index is 13.7. The van der Waals surface area contributed by atoms with Crippen molar-refractivity contribution in [3.63, 3.8) is 0 Å². The van der Waals surface area contributed by atoms with E-state index in [2.05, 4.69) is 0 Å². The molecule has 0 atom stereocenters. The van der Waals surface area contributed by atoms with Gasteiger partial charge in [0.2, 0.25) is 5.43 Å². The highest BCUT2D eigenvalue weighted by Crippen LogP contribution is 2.44. The molecule has 0 unspecified atom stereocenters. The van der Waals surface area contributed by atoms with Crippen LogP contribution in [0.25, 0.3) is 21.9 Å². The molecule has 0 radical (unpaired) electrons. The van der Waals surface area contributed by atoms with Crippen LogP contribution in [0.3, 0.4) is 0 Å². The Morgan fingerprint density at radius 2 is 1.81 bits per heavy atom. The predicted octanol–water partition coefficient (Wildman–Crippen LogP) is 4.83. The van der Waals surface area contributed by atoms with E-state index in [1.54, 1.807) is 13.2 Å². The van der Waals surface area contributed by atoms with E-state index in [9.17, 15) is 15.0 Å². The predicted molar refractivity (Wildman–Crippen MR) is 122 cm³/mol. The maximum atomic E-state index is 13.7. The Morgan fingerprint density at radius 3 is 2.47 bits per heavy atom. The first-order valence-corrected chi connectivity index (χ1v) is 10.8. The second kappa shape index (κ2) is 7.59. The summed E-state index contributed by atoms with van der Waals surface area (Å²) in [5, 5.41) is 22.0. The third-order valence-electron chi connectivity index (χ3n) is 6.42. The Labute approximate surface area is 186 Å². The number of aryl methyl sites for hydroxylation is 1. The lowest BCUT2D eigenvalue weighted by Gasteiger charge is -2.33. The molecule has 0 spiro atoms. The molecule has 0 saturated carbocycles. The molecule has 0 fully saturated rings. The van der Waals surface area contributed by atoms with Crippen LogP contribution in [0.2, 0.25) is 0 Å². The van der Waals surface area contributed by atoms with E-state index in [0.29, 0.717) is 36.1 Å². The second-order valence-electron chi connectivity index (χ2n) is 9.61. The number of phenols is 2. The van der Waals surface area contributed by atoms with Crippen LogP contribution >= 0.6 is 0 Å². The molecule has 0 bridgehead atoms. The summed E-state index contributed by atoms with van der Waals surface area (Å²) in [6.07, 6.45) is 2.30. The number of hydrogen-bond donors (Lipinski definition) is 2. The number of phenolic OH excluding ortho intramolecular Hbond substituents is 2. The highest BCUT2D eigenvalue weighted by atomic mass is 16.5. The number of aromatic hydroxyl groups is 2. The molecule has 7 heteroatoms. The SMILES string of the molecule is COc1c(O)cc2oc3cc4c(c(O)c3c(=O)c2c1CCC(C)(C)OC)CCC(C)(C)O4. The van der Waals surface area contributed by atoms with E-state index in [-0.39, 0.29) is 50.2 Å². The normalized spacial score (nSPS) is 15.6. The molecule has 2 aromatic carbocycles. The van der Waals surface area contributed by atoms with Gasteiger partial charge in [-0.1, -0.05) is 0 Å². The zero-order valence-electron chi connectivity index (χ0n) is 19.4. The quantitative estimate of drug-likeness (QED) is 0.546. The van der Waals surface area contributed by atoms with E-state index < -0.39 is 5.60 Å². The van der Waals surface area contributed by atoms with Gasteiger partial charge in [0.1, 0.15) is 33.7 Å². The monoisotopic (exact) mass is 442 g/mol. The Balaban J connectivity index is 2.02. The third-order valence-corrected chi connectivity index (χ3v) is 6.42. The summed E-state index contributed by atoms with van der Waals surface area (Å²) >= 11 is 0. The van der Waals surface area contributed by atoms with Crippen molar-refractivity contribution < 1.29 is 28.8 Å². The number of hydrogen-bond acceptors (Lipinski definition) is 7. The number of rotatable bonds is 5. The lowest BCUT2D eigenvalue weighted by molar-refractivity contribution is 0.0157. The second-order valence-corrected chi connectivity index (χ2v) is 9.61. The van der Waals surface area contributed by atoms with Gasteiger partial charge in [0, 0.05) is 30.4 Å². The molecule has 32 heavy (non-hydrogen) atoms. The van der Waals surface area contributed by atoms with Crippen LogP contribution < -0.4 is 14.9 Å². The molecule has 0 saturated heterocycles. The Kier molecular flexibility index (Phi) is 5.28. The van der Waals surface area contributed by atoms with Gasteiger partial charge >= 0.3 is 0 Å². The summed E-state index contributed by atoms with van der Waals surface area (Å²) in [4.78, 5) is 13.7. The molecule has 2 heterocycles. The van der Waals surface area contributed by atoms with Gasteiger partial charge in [0.15, 0.2) is 11.5 Å². The highest BCUT2D eigenvalue weighted by molar-refractivity contribution is 5.97. The Bertz CT molecular complexity index is 1270. The molecule has 0 amide bonds. The first-order valence-electron chi connectivity index (χ1n) is 10.8. The standard InChI is InChI=1S/C25H30O7/c1-24(2,30-6)9-8-14-19-17(11-15(26)23(14)29-5)31-18-12-16-13(7-10-25(3,4)32-16)21(27)20(18)22(19)28/h11-12,26-27H,7-10H2,1-6H3. The molecule has 3 aromatic rings. The lowest BCUT2D eigenvalue weighted by atomic mass is 9.91. The number of ether oxygens (including phenoxy) is 3. The first kappa shape index (κ1) is 22.3. The smallest absolute Gasteiger partial charge is 0.204 e. The minimum Gasteiger partial charge on any atom is -0.507 e. The summed E-state index contributed by atoms with van der Waals surface area (Å²) in [5.41, 5.74) is 0.385. The van der Waals surface area contributed by atoms with Crippen molar-refractivity contribution in [2.75, 3.05) is 14.2 Å². The van der Waals surface area contributed by atoms with Crippen molar-refractivity contribution >= 4 is 21.9 Å². The van der Waals surface area contributed by atoms with Crippen LogP contribution in [0.15, 0.2) is 21.3 Å². The van der Waals surface area contributed by atoms with E-state index in [1.165, 1.54) is 13.2 Å². The van der Waals surface area contributed by atoms with Gasteiger partial charge in [0.05, 0.1) is 18.1 Å². The summed E-state index contributed by atoms with van der Waals surface area (Å²) in [5.74, 6) is 0.498. The van der Waals surface area contributed by atoms with Crippen LogP contribution in [0, 0.1) is 0 Å². The third kappa shape index (κ3) is 3.64. The van der Waals surface area contributed by atoms with Gasteiger partial charge < -0.3 is 28.8 Å². The van der Waals surface area contributed by atoms with E-state index >= 15 is 0 Å². The van der Waals surface area contributed by atoms with E-state index in [4.69, 9.17) is 18.6 Å². The fourth-order valence-corrected chi connectivity index (χ4v) is 4.32. The summed E-state index contributed by atoms with van der Waals surface area (Å²) in [6, 6.07) is 3.03. The maximum Gasteiger partial charge on any atom is 0.204 e. The topological polar surface area (TPSA) is 98.4 Å². The number of methoxy groups -OCH3 is 2. The van der Waals surface area contributed by atoms with Crippen LogP contribution in [0.5, 0.6) is 23.0 Å². The summed E-state index contributed by atoms with van der Waals surface area (Å²) < 4.78 is 23.0. The van der Waals surface area contributed by atoms with Gasteiger partial charge in [0.25, 0.3) is 0 Å². The van der Waals surface area contributed by atoms with Gasteiger partial charge in [-0.3, -0.25) is 4.79 Å². The zero-order valence-corrected chi connectivity index (χ0v) is 19.4. The van der Waals surface area contributed by atoms with Crippen LogP contribution in [0.1, 0.15) is 51.7 Å². The number of benzene rings is 2. The average Bonchev–Trinajstić information content (AvgIpc) is 2.70. The molecule has 0 aliphatic carbocycles. The molecule has 4 rings (SSSR count). The molecular weight excluding hydrogens is 412 g/mol. The minimum atomic E-state index is -0.439. The molecule has 1 aliphatic heterocycles. The molecule has 1 aliphatic rings. The van der Waals surface area contributed by atoms with Crippen LogP contribution in [-0.4, -0.2) is 35.6 Å². The molecule has 172 valence electrons. The molecule has 2 N–H and O–H groups in total. The summed E-state index contributed by atoms with van der Waals surface area (Å²) in [6.45, 7) is 7.85.